The molecule has 0 aromatic carbocycles. The highest BCUT2D eigenvalue weighted by Crippen LogP contribution is 2.31. The summed E-state index contributed by atoms with van der Waals surface area (Å²) in [6, 6.07) is 4.18. The van der Waals surface area contributed by atoms with Gasteiger partial charge in [-0.2, -0.15) is 0 Å². The Morgan fingerprint density at radius 2 is 2.11 bits per heavy atom. The van der Waals surface area contributed by atoms with Gasteiger partial charge in [-0.3, -0.25) is 4.90 Å². The van der Waals surface area contributed by atoms with Gasteiger partial charge in [0.15, 0.2) is 0 Å². The molecule has 2 nitrogen and oxygen atoms in total. The van der Waals surface area contributed by atoms with Gasteiger partial charge in [-0.15, -0.1) is 11.3 Å². The molecule has 1 aliphatic carbocycles. The lowest BCUT2D eigenvalue weighted by molar-refractivity contribution is 0.0952. The predicted octanol–water partition coefficient (Wildman–Crippen LogP) is 3.51. The highest BCUT2D eigenvalue weighted by atomic mass is 35.5. The first-order chi connectivity index (χ1) is 8.76. The molecule has 0 bridgehead atoms. The van der Waals surface area contributed by atoms with Crippen LogP contribution in [0.3, 0.4) is 0 Å². The number of nitrogens with zero attached hydrogens (tertiary/aromatic N) is 1. The van der Waals surface area contributed by atoms with Crippen molar-refractivity contribution in [3.05, 3.63) is 21.3 Å². The molecule has 2 aliphatic rings. The number of nitrogens with one attached hydrogen (secondary N) is 1. The summed E-state index contributed by atoms with van der Waals surface area (Å²) in [7, 11) is 0. The van der Waals surface area contributed by atoms with Crippen molar-refractivity contribution in [2.75, 3.05) is 19.6 Å². The quantitative estimate of drug-likeness (QED) is 0.894. The monoisotopic (exact) mass is 284 g/mol. The SMILES string of the molecule is Clc1ccc(CN2CCNC3(CCCCC3)C2)s1. The van der Waals surface area contributed by atoms with Crippen molar-refractivity contribution in [3.63, 3.8) is 0 Å². The maximum Gasteiger partial charge on any atom is 0.0931 e. The van der Waals surface area contributed by atoms with Crippen LogP contribution in [0.15, 0.2) is 12.1 Å². The fourth-order valence-corrected chi connectivity index (χ4v) is 4.53. The third-order valence-electron chi connectivity index (χ3n) is 4.27. The van der Waals surface area contributed by atoms with Crippen molar-refractivity contribution in [1.29, 1.82) is 0 Å². The number of hydrogen-bond donors (Lipinski definition) is 1. The molecule has 4 heteroatoms. The van der Waals surface area contributed by atoms with Crippen LogP contribution in [-0.2, 0) is 6.54 Å². The Kier molecular flexibility index (Phi) is 3.94. The minimum atomic E-state index is 0.414. The molecule has 1 N–H and O–H groups in total. The average Bonchev–Trinajstić information content (AvgIpc) is 2.76. The standard InChI is InChI=1S/C14H21ClN2S/c15-13-5-4-12(18-13)10-17-9-8-16-14(11-17)6-2-1-3-7-14/h4-5,16H,1-3,6-11H2. The van der Waals surface area contributed by atoms with Gasteiger partial charge in [-0.25, -0.2) is 0 Å². The number of thiophene rings is 1. The molecule has 3 rings (SSSR count). The van der Waals surface area contributed by atoms with Crippen molar-refractivity contribution in [2.24, 2.45) is 0 Å². The predicted molar refractivity (Wildman–Crippen MR) is 78.4 cm³/mol. The fourth-order valence-electron chi connectivity index (χ4n) is 3.40. The highest BCUT2D eigenvalue weighted by Gasteiger charge is 2.35. The second-order valence-corrected chi connectivity index (χ2v) is 7.48. The first kappa shape index (κ1) is 12.9. The number of piperazine rings is 1. The molecule has 100 valence electrons. The van der Waals surface area contributed by atoms with Crippen molar-refractivity contribution in [2.45, 2.75) is 44.2 Å². The van der Waals surface area contributed by atoms with Gasteiger partial charge in [0.25, 0.3) is 0 Å². The Hall–Kier alpha value is -0.0900. The number of hydrogen-bond acceptors (Lipinski definition) is 3. The van der Waals surface area contributed by atoms with Gasteiger partial charge in [-0.1, -0.05) is 30.9 Å². The molecule has 1 aromatic heterocycles. The van der Waals surface area contributed by atoms with Crippen LogP contribution in [0.5, 0.6) is 0 Å². The van der Waals surface area contributed by atoms with E-state index in [2.05, 4.69) is 16.3 Å². The summed E-state index contributed by atoms with van der Waals surface area (Å²) >= 11 is 7.73. The lowest BCUT2D eigenvalue weighted by atomic mass is 9.80. The van der Waals surface area contributed by atoms with E-state index >= 15 is 0 Å². The lowest BCUT2D eigenvalue weighted by Gasteiger charge is -2.46. The zero-order valence-corrected chi connectivity index (χ0v) is 12.3. The van der Waals surface area contributed by atoms with E-state index in [1.54, 1.807) is 11.3 Å². The van der Waals surface area contributed by atoms with Gasteiger partial charge < -0.3 is 5.32 Å². The summed E-state index contributed by atoms with van der Waals surface area (Å²) in [5.74, 6) is 0. The zero-order valence-electron chi connectivity index (χ0n) is 10.8. The number of halogens is 1. The van der Waals surface area contributed by atoms with Crippen LogP contribution in [0.1, 0.15) is 37.0 Å². The molecule has 0 unspecified atom stereocenters. The van der Waals surface area contributed by atoms with Crippen LogP contribution in [0.25, 0.3) is 0 Å². The Balaban J connectivity index is 1.63. The third-order valence-corrected chi connectivity index (χ3v) is 5.49. The Labute approximate surface area is 118 Å². The third kappa shape index (κ3) is 2.90. The summed E-state index contributed by atoms with van der Waals surface area (Å²) in [5, 5.41) is 3.79. The lowest BCUT2D eigenvalue weighted by Crippen LogP contribution is -2.60. The topological polar surface area (TPSA) is 15.3 Å². The Morgan fingerprint density at radius 1 is 1.28 bits per heavy atom. The van der Waals surface area contributed by atoms with E-state index in [0.29, 0.717) is 5.54 Å². The van der Waals surface area contributed by atoms with Crippen LogP contribution >= 0.6 is 22.9 Å². The largest absolute Gasteiger partial charge is 0.309 e. The highest BCUT2D eigenvalue weighted by molar-refractivity contribution is 7.16. The van der Waals surface area contributed by atoms with E-state index in [1.807, 2.05) is 6.07 Å². The van der Waals surface area contributed by atoms with Gasteiger partial charge in [0.2, 0.25) is 0 Å². The molecule has 0 amide bonds. The van der Waals surface area contributed by atoms with Crippen molar-refractivity contribution >= 4 is 22.9 Å². The van der Waals surface area contributed by atoms with Crippen LogP contribution in [-0.4, -0.2) is 30.1 Å². The van der Waals surface area contributed by atoms with E-state index in [4.69, 9.17) is 11.6 Å². The second-order valence-electron chi connectivity index (χ2n) is 5.68. The first-order valence-electron chi connectivity index (χ1n) is 6.97. The van der Waals surface area contributed by atoms with E-state index in [1.165, 1.54) is 43.5 Å². The molecule has 0 atom stereocenters. The minimum absolute atomic E-state index is 0.414. The number of rotatable bonds is 2. The van der Waals surface area contributed by atoms with Gasteiger partial charge >= 0.3 is 0 Å². The zero-order chi connectivity index (χ0) is 12.4. The van der Waals surface area contributed by atoms with Crippen molar-refractivity contribution in [3.8, 4) is 0 Å². The average molecular weight is 285 g/mol. The van der Waals surface area contributed by atoms with Crippen molar-refractivity contribution in [1.82, 2.24) is 10.2 Å². The molecule has 0 radical (unpaired) electrons. The minimum Gasteiger partial charge on any atom is -0.309 e. The first-order valence-corrected chi connectivity index (χ1v) is 8.17. The van der Waals surface area contributed by atoms with Gasteiger partial charge in [0.05, 0.1) is 4.34 Å². The van der Waals surface area contributed by atoms with Gasteiger partial charge in [-0.05, 0) is 25.0 Å². The maximum absolute atomic E-state index is 6.01. The normalized spacial score (nSPS) is 24.5. The molecule has 1 spiro atoms. The molecule has 18 heavy (non-hydrogen) atoms. The molecule has 1 saturated carbocycles. The summed E-state index contributed by atoms with van der Waals surface area (Å²) < 4.78 is 0.910. The Morgan fingerprint density at radius 3 is 2.83 bits per heavy atom. The molecule has 1 aromatic rings. The van der Waals surface area contributed by atoms with Crippen LogP contribution in [0.4, 0.5) is 0 Å². The summed E-state index contributed by atoms with van der Waals surface area (Å²) in [5.41, 5.74) is 0.414. The Bertz CT molecular complexity index is 393. The molecular weight excluding hydrogens is 264 g/mol. The molecular formula is C14H21ClN2S. The van der Waals surface area contributed by atoms with E-state index in [-0.39, 0.29) is 0 Å². The summed E-state index contributed by atoms with van der Waals surface area (Å²) in [6.07, 6.45) is 6.92. The van der Waals surface area contributed by atoms with Gasteiger partial charge in [0, 0.05) is 36.6 Å². The maximum atomic E-state index is 6.01. The van der Waals surface area contributed by atoms with E-state index in [9.17, 15) is 0 Å². The summed E-state index contributed by atoms with van der Waals surface area (Å²) in [6.45, 7) is 4.58. The van der Waals surface area contributed by atoms with E-state index < -0.39 is 0 Å². The van der Waals surface area contributed by atoms with Crippen molar-refractivity contribution < 1.29 is 0 Å². The van der Waals surface area contributed by atoms with Crippen LogP contribution < -0.4 is 5.32 Å². The summed E-state index contributed by atoms with van der Waals surface area (Å²) in [4.78, 5) is 4.00. The molecule has 2 fully saturated rings. The van der Waals surface area contributed by atoms with Crippen LogP contribution in [0, 0.1) is 0 Å². The van der Waals surface area contributed by atoms with Gasteiger partial charge in [0.1, 0.15) is 0 Å². The molecule has 2 heterocycles. The fraction of sp³-hybridized carbons (Fsp3) is 0.714. The smallest absolute Gasteiger partial charge is 0.0931 e. The molecule has 1 saturated heterocycles. The van der Waals surface area contributed by atoms with Crippen LogP contribution in [0.2, 0.25) is 4.34 Å². The van der Waals surface area contributed by atoms with E-state index in [0.717, 1.165) is 24.0 Å². The second kappa shape index (κ2) is 5.49. The molecule has 1 aliphatic heterocycles.